The van der Waals surface area contributed by atoms with Crippen molar-refractivity contribution in [2.24, 2.45) is 17.6 Å². The molecule has 1 saturated carbocycles. The zero-order valence-electron chi connectivity index (χ0n) is 12.4. The lowest BCUT2D eigenvalue weighted by Crippen LogP contribution is -2.29. The van der Waals surface area contributed by atoms with Crippen LogP contribution in [0.15, 0.2) is 24.3 Å². The van der Waals surface area contributed by atoms with Crippen molar-refractivity contribution in [3.63, 3.8) is 0 Å². The van der Waals surface area contributed by atoms with E-state index in [0.717, 1.165) is 43.6 Å². The van der Waals surface area contributed by atoms with Crippen molar-refractivity contribution >= 4 is 17.3 Å². The molecule has 3 N–H and O–H groups in total. The summed E-state index contributed by atoms with van der Waals surface area (Å²) in [6, 6.07) is 7.94. The Bertz CT molecular complexity index is 451. The van der Waals surface area contributed by atoms with E-state index in [1.165, 1.54) is 0 Å². The number of carbonyl (C=O) groups excluding carboxylic acids is 1. The molecule has 1 aliphatic carbocycles. The Balaban J connectivity index is 1.93. The lowest BCUT2D eigenvalue weighted by atomic mass is 9.81. The molecule has 0 radical (unpaired) electrons. The van der Waals surface area contributed by atoms with Gasteiger partial charge in [0.25, 0.3) is 0 Å². The molecular formula is C16H25N3O. The Morgan fingerprint density at radius 3 is 2.60 bits per heavy atom. The van der Waals surface area contributed by atoms with Gasteiger partial charge < -0.3 is 16.0 Å². The molecule has 2 rings (SSSR count). The van der Waals surface area contributed by atoms with E-state index in [4.69, 9.17) is 5.73 Å². The minimum Gasteiger partial charge on any atom is -0.378 e. The molecule has 0 saturated heterocycles. The number of benzene rings is 1. The molecule has 1 fully saturated rings. The van der Waals surface area contributed by atoms with Gasteiger partial charge in [-0.1, -0.05) is 6.07 Å². The average molecular weight is 275 g/mol. The smallest absolute Gasteiger partial charge is 0.227 e. The summed E-state index contributed by atoms with van der Waals surface area (Å²) in [6.45, 7) is 0.749. The number of nitrogens with one attached hydrogen (secondary N) is 1. The summed E-state index contributed by atoms with van der Waals surface area (Å²) < 4.78 is 0. The predicted octanol–water partition coefficient (Wildman–Crippen LogP) is 2.46. The summed E-state index contributed by atoms with van der Waals surface area (Å²) in [6.07, 6.45) is 4.07. The van der Waals surface area contributed by atoms with Gasteiger partial charge >= 0.3 is 0 Å². The van der Waals surface area contributed by atoms with Gasteiger partial charge in [0.1, 0.15) is 0 Å². The largest absolute Gasteiger partial charge is 0.378 e. The molecule has 110 valence electrons. The van der Waals surface area contributed by atoms with Gasteiger partial charge in [-0.3, -0.25) is 4.79 Å². The third-order valence-corrected chi connectivity index (χ3v) is 4.18. The molecule has 0 heterocycles. The lowest BCUT2D eigenvalue weighted by molar-refractivity contribution is -0.121. The van der Waals surface area contributed by atoms with Crippen molar-refractivity contribution in [3.8, 4) is 0 Å². The van der Waals surface area contributed by atoms with Gasteiger partial charge in [0, 0.05) is 31.4 Å². The third kappa shape index (κ3) is 3.73. The summed E-state index contributed by atoms with van der Waals surface area (Å²) >= 11 is 0. The molecule has 0 aromatic heterocycles. The molecule has 0 aliphatic heterocycles. The third-order valence-electron chi connectivity index (χ3n) is 4.18. The van der Waals surface area contributed by atoms with Gasteiger partial charge in [0.2, 0.25) is 5.91 Å². The Morgan fingerprint density at radius 2 is 2.00 bits per heavy atom. The van der Waals surface area contributed by atoms with Crippen molar-refractivity contribution in [3.05, 3.63) is 24.3 Å². The molecule has 4 heteroatoms. The van der Waals surface area contributed by atoms with Crippen LogP contribution in [0.4, 0.5) is 11.4 Å². The maximum absolute atomic E-state index is 12.3. The van der Waals surface area contributed by atoms with Crippen molar-refractivity contribution < 1.29 is 4.79 Å². The maximum Gasteiger partial charge on any atom is 0.227 e. The summed E-state index contributed by atoms with van der Waals surface area (Å²) in [5.41, 5.74) is 7.66. The number of nitrogens with two attached hydrogens (primary N) is 1. The van der Waals surface area contributed by atoms with Gasteiger partial charge in [-0.15, -0.1) is 0 Å². The Kier molecular flexibility index (Phi) is 5.01. The van der Waals surface area contributed by atoms with E-state index in [2.05, 4.69) is 5.32 Å². The number of nitrogens with zero attached hydrogens (tertiary/aromatic N) is 1. The van der Waals surface area contributed by atoms with Gasteiger partial charge in [0.05, 0.1) is 0 Å². The Hall–Kier alpha value is -1.55. The minimum atomic E-state index is 0.140. The molecule has 1 amide bonds. The van der Waals surface area contributed by atoms with Crippen LogP contribution < -0.4 is 16.0 Å². The highest BCUT2D eigenvalue weighted by Crippen LogP contribution is 2.29. The molecule has 4 nitrogen and oxygen atoms in total. The highest BCUT2D eigenvalue weighted by Gasteiger charge is 2.25. The highest BCUT2D eigenvalue weighted by atomic mass is 16.1. The average Bonchev–Trinajstić information content (AvgIpc) is 2.47. The van der Waals surface area contributed by atoms with Crippen LogP contribution in [0.25, 0.3) is 0 Å². The number of amides is 1. The first-order chi connectivity index (χ1) is 9.60. The predicted molar refractivity (Wildman–Crippen MR) is 83.9 cm³/mol. The van der Waals surface area contributed by atoms with E-state index >= 15 is 0 Å². The number of carbonyl (C=O) groups is 1. The van der Waals surface area contributed by atoms with Crippen LogP contribution in [0.1, 0.15) is 25.7 Å². The van der Waals surface area contributed by atoms with Crippen molar-refractivity contribution in [2.45, 2.75) is 25.7 Å². The van der Waals surface area contributed by atoms with Crippen molar-refractivity contribution in [1.29, 1.82) is 0 Å². The molecule has 0 unspecified atom stereocenters. The van der Waals surface area contributed by atoms with E-state index in [0.29, 0.717) is 5.92 Å². The lowest BCUT2D eigenvalue weighted by Gasteiger charge is -2.26. The van der Waals surface area contributed by atoms with E-state index < -0.39 is 0 Å². The van der Waals surface area contributed by atoms with Crippen LogP contribution in [-0.2, 0) is 4.79 Å². The second-order valence-corrected chi connectivity index (χ2v) is 5.89. The van der Waals surface area contributed by atoms with Crippen LogP contribution in [0.3, 0.4) is 0 Å². The zero-order chi connectivity index (χ0) is 14.5. The minimum absolute atomic E-state index is 0.140. The summed E-state index contributed by atoms with van der Waals surface area (Å²) in [4.78, 5) is 14.3. The molecule has 1 aliphatic rings. The van der Waals surface area contributed by atoms with Gasteiger partial charge in [-0.25, -0.2) is 0 Å². The first-order valence-electron chi connectivity index (χ1n) is 7.38. The van der Waals surface area contributed by atoms with E-state index in [1.807, 2.05) is 43.3 Å². The van der Waals surface area contributed by atoms with Crippen LogP contribution in [0, 0.1) is 11.8 Å². The SMILES string of the molecule is CN(C)c1cccc(NC(=O)C2CCC(CN)CC2)c1. The van der Waals surface area contributed by atoms with Gasteiger partial charge in [-0.05, 0) is 56.3 Å². The monoisotopic (exact) mass is 275 g/mol. The van der Waals surface area contributed by atoms with Crippen LogP contribution in [0.2, 0.25) is 0 Å². The van der Waals surface area contributed by atoms with Crippen molar-refractivity contribution in [2.75, 3.05) is 30.9 Å². The quantitative estimate of drug-likeness (QED) is 0.887. The van der Waals surface area contributed by atoms with E-state index in [1.54, 1.807) is 0 Å². The maximum atomic E-state index is 12.3. The van der Waals surface area contributed by atoms with Crippen molar-refractivity contribution in [1.82, 2.24) is 0 Å². The fourth-order valence-corrected chi connectivity index (χ4v) is 2.77. The second-order valence-electron chi connectivity index (χ2n) is 5.89. The number of anilines is 2. The number of rotatable bonds is 4. The van der Waals surface area contributed by atoms with E-state index in [-0.39, 0.29) is 11.8 Å². The Labute approximate surface area is 121 Å². The molecule has 1 aromatic rings. The van der Waals surface area contributed by atoms with Crippen LogP contribution >= 0.6 is 0 Å². The number of hydrogen-bond acceptors (Lipinski definition) is 3. The summed E-state index contributed by atoms with van der Waals surface area (Å²) in [5.74, 6) is 0.897. The Morgan fingerprint density at radius 1 is 1.30 bits per heavy atom. The normalized spacial score (nSPS) is 22.4. The molecular weight excluding hydrogens is 250 g/mol. The standard InChI is InChI=1S/C16H25N3O/c1-19(2)15-5-3-4-14(10-15)18-16(20)13-8-6-12(11-17)7-9-13/h3-5,10,12-13H,6-9,11,17H2,1-2H3,(H,18,20). The molecule has 1 aromatic carbocycles. The zero-order valence-corrected chi connectivity index (χ0v) is 12.4. The first-order valence-corrected chi connectivity index (χ1v) is 7.38. The summed E-state index contributed by atoms with van der Waals surface area (Å²) in [7, 11) is 3.99. The fraction of sp³-hybridized carbons (Fsp3) is 0.562. The molecule has 0 atom stereocenters. The molecule has 20 heavy (non-hydrogen) atoms. The van der Waals surface area contributed by atoms with Crippen LogP contribution in [-0.4, -0.2) is 26.5 Å². The van der Waals surface area contributed by atoms with E-state index in [9.17, 15) is 4.79 Å². The molecule has 0 spiro atoms. The highest BCUT2D eigenvalue weighted by molar-refractivity contribution is 5.93. The van der Waals surface area contributed by atoms with Gasteiger partial charge in [-0.2, -0.15) is 0 Å². The number of hydrogen-bond donors (Lipinski definition) is 2. The first kappa shape index (κ1) is 14.9. The molecule has 0 bridgehead atoms. The van der Waals surface area contributed by atoms with Crippen LogP contribution in [0.5, 0.6) is 0 Å². The fourth-order valence-electron chi connectivity index (χ4n) is 2.77. The summed E-state index contributed by atoms with van der Waals surface area (Å²) in [5, 5.41) is 3.04. The topological polar surface area (TPSA) is 58.4 Å². The van der Waals surface area contributed by atoms with Gasteiger partial charge in [0.15, 0.2) is 0 Å². The second kappa shape index (κ2) is 6.75.